The molecule has 0 aliphatic carbocycles. The van der Waals surface area contributed by atoms with Gasteiger partial charge in [-0.15, -0.1) is 12.4 Å². The van der Waals surface area contributed by atoms with Crippen LogP contribution in [0.2, 0.25) is 0 Å². The normalized spacial score (nSPS) is 10.5. The summed E-state index contributed by atoms with van der Waals surface area (Å²) in [4.78, 5) is 4.64. The monoisotopic (exact) mass is 357 g/mol. The number of methoxy groups -OCH3 is 3. The zero-order chi connectivity index (χ0) is 16.9. The lowest BCUT2D eigenvalue weighted by atomic mass is 10.1. The Kier molecular flexibility index (Phi) is 6.25. The molecule has 130 valence electrons. The van der Waals surface area contributed by atoms with Crippen molar-refractivity contribution in [2.75, 3.05) is 21.3 Å². The smallest absolute Gasteiger partial charge is 0.164 e. The summed E-state index contributed by atoms with van der Waals surface area (Å²) in [6.07, 6.45) is 3.91. The third-order valence-corrected chi connectivity index (χ3v) is 3.79. The molecule has 0 radical (unpaired) electrons. The largest absolute Gasteiger partial charge is 0.496 e. The summed E-state index contributed by atoms with van der Waals surface area (Å²) in [6, 6.07) is 15.8. The van der Waals surface area contributed by atoms with Crippen molar-refractivity contribution in [3.8, 4) is 17.2 Å². The third-order valence-electron chi connectivity index (χ3n) is 3.79. The van der Waals surface area contributed by atoms with Gasteiger partial charge in [0.05, 0.1) is 32.5 Å². The van der Waals surface area contributed by atoms with Gasteiger partial charge in [0, 0.05) is 17.0 Å². The Balaban J connectivity index is 0.00000225. The van der Waals surface area contributed by atoms with Gasteiger partial charge >= 0.3 is 0 Å². The van der Waals surface area contributed by atoms with Crippen LogP contribution in [0.4, 0.5) is 0 Å². The molecule has 0 saturated heterocycles. The SMILES string of the molecule is COc1cc(OC)c(OC)cc1/C=C/c1ccc2ccccc2n1.Cl. The second kappa shape index (κ2) is 8.40. The van der Waals surface area contributed by atoms with Crippen LogP contribution in [-0.4, -0.2) is 26.3 Å². The highest BCUT2D eigenvalue weighted by atomic mass is 35.5. The van der Waals surface area contributed by atoms with Gasteiger partial charge in [0.2, 0.25) is 0 Å². The Labute approximate surface area is 153 Å². The number of hydrogen-bond donors (Lipinski definition) is 0. The molecule has 0 amide bonds. The summed E-state index contributed by atoms with van der Waals surface area (Å²) in [7, 11) is 4.85. The second-order valence-electron chi connectivity index (χ2n) is 5.21. The Bertz CT molecular complexity index is 893. The molecule has 0 aliphatic rings. The first-order valence-corrected chi connectivity index (χ1v) is 7.59. The van der Waals surface area contributed by atoms with Gasteiger partial charge in [0.25, 0.3) is 0 Å². The quantitative estimate of drug-likeness (QED) is 0.654. The maximum atomic E-state index is 5.44. The molecule has 0 bridgehead atoms. The van der Waals surface area contributed by atoms with E-state index in [2.05, 4.69) is 11.1 Å². The van der Waals surface area contributed by atoms with E-state index >= 15 is 0 Å². The molecule has 5 heteroatoms. The first-order chi connectivity index (χ1) is 11.7. The zero-order valence-corrected chi connectivity index (χ0v) is 15.2. The van der Waals surface area contributed by atoms with Crippen LogP contribution in [-0.2, 0) is 0 Å². The summed E-state index contributed by atoms with van der Waals surface area (Å²) in [5.74, 6) is 2.00. The number of rotatable bonds is 5. The van der Waals surface area contributed by atoms with Crippen molar-refractivity contribution in [1.82, 2.24) is 4.98 Å². The van der Waals surface area contributed by atoms with Gasteiger partial charge in [0.15, 0.2) is 11.5 Å². The van der Waals surface area contributed by atoms with E-state index in [-0.39, 0.29) is 12.4 Å². The summed E-state index contributed by atoms with van der Waals surface area (Å²) < 4.78 is 16.1. The van der Waals surface area contributed by atoms with Crippen LogP contribution >= 0.6 is 12.4 Å². The van der Waals surface area contributed by atoms with Gasteiger partial charge in [-0.1, -0.05) is 24.3 Å². The van der Waals surface area contributed by atoms with Crippen molar-refractivity contribution < 1.29 is 14.2 Å². The van der Waals surface area contributed by atoms with Crippen LogP contribution in [0.15, 0.2) is 48.5 Å². The maximum Gasteiger partial charge on any atom is 0.164 e. The summed E-state index contributed by atoms with van der Waals surface area (Å²) in [5, 5.41) is 1.12. The zero-order valence-electron chi connectivity index (χ0n) is 14.4. The van der Waals surface area contributed by atoms with Crippen LogP contribution in [0.1, 0.15) is 11.3 Å². The minimum Gasteiger partial charge on any atom is -0.496 e. The number of para-hydroxylation sites is 1. The Morgan fingerprint density at radius 1 is 0.760 bits per heavy atom. The lowest BCUT2D eigenvalue weighted by molar-refractivity contribution is 0.348. The molecular formula is C20H20ClNO3. The fourth-order valence-corrected chi connectivity index (χ4v) is 2.53. The number of hydrogen-bond acceptors (Lipinski definition) is 4. The number of aromatic nitrogens is 1. The highest BCUT2D eigenvalue weighted by Crippen LogP contribution is 2.35. The first-order valence-electron chi connectivity index (χ1n) is 7.59. The van der Waals surface area contributed by atoms with Crippen molar-refractivity contribution >= 4 is 35.5 Å². The van der Waals surface area contributed by atoms with Crippen molar-refractivity contribution in [2.45, 2.75) is 0 Å². The standard InChI is InChI=1S/C20H19NO3.ClH/c1-22-18-13-20(24-3)19(23-2)12-15(18)9-11-16-10-8-14-6-4-5-7-17(14)21-16;/h4-13H,1-3H3;1H/b11-9+;. The minimum atomic E-state index is 0. The van der Waals surface area contributed by atoms with E-state index in [1.54, 1.807) is 21.3 Å². The number of nitrogens with zero attached hydrogens (tertiary/aromatic N) is 1. The predicted molar refractivity (Wildman–Crippen MR) is 104 cm³/mol. The van der Waals surface area contributed by atoms with Crippen LogP contribution in [0.3, 0.4) is 0 Å². The molecule has 1 heterocycles. The molecule has 0 spiro atoms. The van der Waals surface area contributed by atoms with Crippen molar-refractivity contribution in [2.24, 2.45) is 0 Å². The number of fused-ring (bicyclic) bond motifs is 1. The molecule has 1 aromatic heterocycles. The third kappa shape index (κ3) is 4.03. The maximum absolute atomic E-state index is 5.44. The van der Waals surface area contributed by atoms with Gasteiger partial charge in [0.1, 0.15) is 5.75 Å². The average Bonchev–Trinajstić information content (AvgIpc) is 2.65. The van der Waals surface area contributed by atoms with Gasteiger partial charge in [-0.3, -0.25) is 0 Å². The second-order valence-corrected chi connectivity index (χ2v) is 5.21. The summed E-state index contributed by atoms with van der Waals surface area (Å²) >= 11 is 0. The summed E-state index contributed by atoms with van der Waals surface area (Å²) in [6.45, 7) is 0. The highest BCUT2D eigenvalue weighted by Gasteiger charge is 2.09. The lowest BCUT2D eigenvalue weighted by Gasteiger charge is -2.12. The Hall–Kier alpha value is -2.72. The number of pyridine rings is 1. The van der Waals surface area contributed by atoms with E-state index in [0.717, 1.165) is 22.2 Å². The molecular weight excluding hydrogens is 338 g/mol. The Morgan fingerprint density at radius 2 is 1.44 bits per heavy atom. The van der Waals surface area contributed by atoms with E-state index in [0.29, 0.717) is 17.2 Å². The molecule has 0 aliphatic heterocycles. The molecule has 0 fully saturated rings. The highest BCUT2D eigenvalue weighted by molar-refractivity contribution is 5.85. The number of halogens is 1. The number of ether oxygens (including phenoxy) is 3. The van der Waals surface area contributed by atoms with Crippen molar-refractivity contribution in [3.63, 3.8) is 0 Å². The van der Waals surface area contributed by atoms with Crippen LogP contribution in [0.5, 0.6) is 17.2 Å². The van der Waals surface area contributed by atoms with Gasteiger partial charge in [-0.05, 0) is 30.4 Å². The van der Waals surface area contributed by atoms with E-state index in [9.17, 15) is 0 Å². The van der Waals surface area contributed by atoms with E-state index in [1.807, 2.05) is 54.6 Å². The topological polar surface area (TPSA) is 40.6 Å². The molecule has 4 nitrogen and oxygen atoms in total. The first kappa shape index (κ1) is 18.6. The van der Waals surface area contributed by atoms with E-state index in [4.69, 9.17) is 14.2 Å². The lowest BCUT2D eigenvalue weighted by Crippen LogP contribution is -1.94. The van der Waals surface area contributed by atoms with Crippen LogP contribution < -0.4 is 14.2 Å². The van der Waals surface area contributed by atoms with E-state index < -0.39 is 0 Å². The molecule has 2 aromatic carbocycles. The van der Waals surface area contributed by atoms with Gasteiger partial charge < -0.3 is 14.2 Å². The number of benzene rings is 2. The molecule has 3 aromatic rings. The van der Waals surface area contributed by atoms with Gasteiger partial charge in [-0.2, -0.15) is 0 Å². The molecule has 0 saturated carbocycles. The van der Waals surface area contributed by atoms with Gasteiger partial charge in [-0.25, -0.2) is 4.98 Å². The minimum absolute atomic E-state index is 0. The average molecular weight is 358 g/mol. The van der Waals surface area contributed by atoms with Crippen molar-refractivity contribution in [3.05, 3.63) is 59.8 Å². The summed E-state index contributed by atoms with van der Waals surface area (Å²) in [5.41, 5.74) is 2.74. The van der Waals surface area contributed by atoms with E-state index in [1.165, 1.54) is 0 Å². The molecule has 3 rings (SSSR count). The molecule has 0 N–H and O–H groups in total. The molecule has 0 unspecified atom stereocenters. The van der Waals surface area contributed by atoms with Crippen molar-refractivity contribution in [1.29, 1.82) is 0 Å². The predicted octanol–water partition coefficient (Wildman–Crippen LogP) is 4.85. The molecule has 25 heavy (non-hydrogen) atoms. The molecule has 0 atom stereocenters. The fraction of sp³-hybridized carbons (Fsp3) is 0.150. The fourth-order valence-electron chi connectivity index (χ4n) is 2.53. The Morgan fingerprint density at radius 3 is 2.16 bits per heavy atom. The van der Waals surface area contributed by atoms with Crippen LogP contribution in [0.25, 0.3) is 23.1 Å². The van der Waals surface area contributed by atoms with Crippen LogP contribution in [0, 0.1) is 0 Å².